The van der Waals surface area contributed by atoms with Crippen molar-refractivity contribution in [1.29, 1.82) is 0 Å². The maximum absolute atomic E-state index is 12.1. The molecular weight excluding hydrogens is 382 g/mol. The van der Waals surface area contributed by atoms with Gasteiger partial charge in [-0.05, 0) is 50.9 Å². The highest BCUT2D eigenvalue weighted by atomic mass is 79.9. The number of benzene rings is 1. The number of anilines is 2. The van der Waals surface area contributed by atoms with Gasteiger partial charge >= 0.3 is 0 Å². The molecule has 0 atom stereocenters. The van der Waals surface area contributed by atoms with Crippen molar-refractivity contribution < 1.29 is 4.79 Å². The lowest BCUT2D eigenvalue weighted by molar-refractivity contribution is 0.102. The number of nitrogens with one attached hydrogen (secondary N) is 1. The van der Waals surface area contributed by atoms with Gasteiger partial charge in [-0.25, -0.2) is 4.98 Å². The minimum absolute atomic E-state index is 0.214. The van der Waals surface area contributed by atoms with Crippen LogP contribution in [0.5, 0.6) is 0 Å². The number of carbonyl (C=O) groups excluding carboxylic acids is 1. The molecule has 94 valence electrons. The molecule has 1 aromatic heterocycles. The number of halogens is 2. The van der Waals surface area contributed by atoms with Crippen LogP contribution in [-0.2, 0) is 0 Å². The fraction of sp³-hybridized carbons (Fsp3) is 0.0909. The van der Waals surface area contributed by atoms with Gasteiger partial charge in [-0.15, -0.1) is 0 Å². The fourth-order valence-corrected chi connectivity index (χ4v) is 3.34. The normalized spacial score (nSPS) is 10.4. The monoisotopic (exact) mass is 389 g/mol. The molecule has 4 nitrogen and oxygen atoms in total. The summed E-state index contributed by atoms with van der Waals surface area (Å²) in [5.74, 6) is -0.214. The molecule has 7 heteroatoms. The molecule has 2 rings (SSSR count). The van der Waals surface area contributed by atoms with E-state index in [1.807, 2.05) is 18.2 Å². The predicted molar refractivity (Wildman–Crippen MR) is 81.1 cm³/mol. The van der Waals surface area contributed by atoms with Gasteiger partial charge in [0.2, 0.25) is 0 Å². The van der Waals surface area contributed by atoms with Gasteiger partial charge < -0.3 is 11.1 Å². The fourth-order valence-electron chi connectivity index (χ4n) is 1.42. The van der Waals surface area contributed by atoms with E-state index in [0.717, 1.165) is 8.95 Å². The summed E-state index contributed by atoms with van der Waals surface area (Å²) in [5.41, 5.74) is 6.91. The Kier molecular flexibility index (Phi) is 4.04. The number of amides is 1. The first-order valence-electron chi connectivity index (χ1n) is 4.97. The Morgan fingerprint density at radius 2 is 2.00 bits per heavy atom. The molecule has 18 heavy (non-hydrogen) atoms. The number of hydrogen-bond donors (Lipinski definition) is 2. The summed E-state index contributed by atoms with van der Waals surface area (Å²) in [6.45, 7) is 1.76. The minimum Gasteiger partial charge on any atom is -0.375 e. The van der Waals surface area contributed by atoms with Gasteiger partial charge in [0, 0.05) is 8.95 Å². The van der Waals surface area contributed by atoms with Gasteiger partial charge in [-0.2, -0.15) is 0 Å². The third-order valence-corrected chi connectivity index (χ3v) is 4.53. The summed E-state index contributed by atoms with van der Waals surface area (Å²) >= 11 is 7.96. The predicted octanol–water partition coefficient (Wildman–Crippen LogP) is 3.81. The van der Waals surface area contributed by atoms with E-state index >= 15 is 0 Å². The number of hydrogen-bond acceptors (Lipinski definition) is 4. The van der Waals surface area contributed by atoms with Gasteiger partial charge in [0.05, 0.1) is 11.4 Å². The maximum Gasteiger partial charge on any atom is 0.267 e. The van der Waals surface area contributed by atoms with Gasteiger partial charge in [0.1, 0.15) is 4.88 Å². The lowest BCUT2D eigenvalue weighted by Gasteiger charge is -2.08. The van der Waals surface area contributed by atoms with Crippen molar-refractivity contribution >= 4 is 59.9 Å². The first kappa shape index (κ1) is 13.5. The van der Waals surface area contributed by atoms with Crippen LogP contribution in [0.25, 0.3) is 0 Å². The number of aryl methyl sites for hydroxylation is 1. The van der Waals surface area contributed by atoms with Crippen LogP contribution in [0.15, 0.2) is 27.1 Å². The third kappa shape index (κ3) is 2.73. The second kappa shape index (κ2) is 5.38. The van der Waals surface area contributed by atoms with Gasteiger partial charge in [0.25, 0.3) is 5.91 Å². The van der Waals surface area contributed by atoms with Crippen molar-refractivity contribution in [1.82, 2.24) is 4.98 Å². The molecule has 0 saturated heterocycles. The Hall–Kier alpha value is -0.920. The Morgan fingerprint density at radius 1 is 1.39 bits per heavy atom. The SMILES string of the molecule is Cc1nc(N)sc1C(=O)Nc1c(Br)cccc1Br. The van der Waals surface area contributed by atoms with Crippen molar-refractivity contribution in [3.05, 3.63) is 37.7 Å². The first-order chi connectivity index (χ1) is 8.49. The number of thiazole rings is 1. The van der Waals surface area contributed by atoms with E-state index in [4.69, 9.17) is 5.73 Å². The van der Waals surface area contributed by atoms with Crippen LogP contribution >= 0.6 is 43.2 Å². The zero-order valence-corrected chi connectivity index (χ0v) is 13.3. The first-order valence-corrected chi connectivity index (χ1v) is 7.37. The second-order valence-electron chi connectivity index (χ2n) is 3.52. The minimum atomic E-state index is -0.214. The van der Waals surface area contributed by atoms with Crippen LogP contribution in [-0.4, -0.2) is 10.9 Å². The quantitative estimate of drug-likeness (QED) is 0.819. The molecule has 3 N–H and O–H groups in total. The molecule has 1 aromatic carbocycles. The number of aromatic nitrogens is 1. The number of nitrogens with zero attached hydrogens (tertiary/aromatic N) is 1. The van der Waals surface area contributed by atoms with Crippen LogP contribution in [0.3, 0.4) is 0 Å². The van der Waals surface area contributed by atoms with Crippen molar-refractivity contribution in [3.8, 4) is 0 Å². The average molecular weight is 391 g/mol. The topological polar surface area (TPSA) is 68.0 Å². The van der Waals surface area contributed by atoms with Crippen LogP contribution in [0.4, 0.5) is 10.8 Å². The zero-order valence-electron chi connectivity index (χ0n) is 9.33. The van der Waals surface area contributed by atoms with Crippen molar-refractivity contribution in [3.63, 3.8) is 0 Å². The van der Waals surface area contributed by atoms with Crippen LogP contribution in [0, 0.1) is 6.92 Å². The van der Waals surface area contributed by atoms with E-state index in [9.17, 15) is 4.79 Å². The molecule has 1 amide bonds. The largest absolute Gasteiger partial charge is 0.375 e. The van der Waals surface area contributed by atoms with E-state index in [-0.39, 0.29) is 5.91 Å². The molecular formula is C11H9Br2N3OS. The molecule has 1 heterocycles. The molecule has 0 saturated carbocycles. The Labute approximate surface area is 125 Å². The van der Waals surface area contributed by atoms with Crippen LogP contribution in [0.2, 0.25) is 0 Å². The van der Waals surface area contributed by atoms with E-state index in [0.29, 0.717) is 21.4 Å². The highest BCUT2D eigenvalue weighted by Crippen LogP contribution is 2.31. The molecule has 0 fully saturated rings. The molecule has 2 aromatic rings. The second-order valence-corrected chi connectivity index (χ2v) is 6.26. The molecule has 0 bridgehead atoms. The van der Waals surface area contributed by atoms with E-state index in [1.165, 1.54) is 11.3 Å². The standard InChI is InChI=1S/C11H9Br2N3OS/c1-5-9(18-11(14)15-5)10(17)16-8-6(12)3-2-4-7(8)13/h2-4H,1H3,(H2,14,15)(H,16,17). The van der Waals surface area contributed by atoms with E-state index < -0.39 is 0 Å². The number of nitrogen functional groups attached to an aromatic ring is 1. The highest BCUT2D eigenvalue weighted by molar-refractivity contribution is 9.11. The van der Waals surface area contributed by atoms with Crippen molar-refractivity contribution in [2.24, 2.45) is 0 Å². The molecule has 0 unspecified atom stereocenters. The van der Waals surface area contributed by atoms with Crippen LogP contribution < -0.4 is 11.1 Å². The summed E-state index contributed by atoms with van der Waals surface area (Å²) in [5, 5.41) is 3.22. The maximum atomic E-state index is 12.1. The van der Waals surface area contributed by atoms with Gasteiger partial charge in [-0.1, -0.05) is 17.4 Å². The number of para-hydroxylation sites is 1. The number of rotatable bonds is 2. The smallest absolute Gasteiger partial charge is 0.267 e. The Morgan fingerprint density at radius 3 is 2.50 bits per heavy atom. The Bertz CT molecular complexity index is 592. The lowest BCUT2D eigenvalue weighted by atomic mass is 10.3. The van der Waals surface area contributed by atoms with Gasteiger partial charge in [0.15, 0.2) is 5.13 Å². The Balaban J connectivity index is 2.30. The lowest BCUT2D eigenvalue weighted by Crippen LogP contribution is -2.12. The van der Waals surface area contributed by atoms with Crippen molar-refractivity contribution in [2.45, 2.75) is 6.92 Å². The summed E-state index contributed by atoms with van der Waals surface area (Å²) < 4.78 is 1.61. The van der Waals surface area contributed by atoms with E-state index in [2.05, 4.69) is 42.2 Å². The molecule has 0 aliphatic heterocycles. The number of carbonyl (C=O) groups is 1. The van der Waals surface area contributed by atoms with Crippen LogP contribution in [0.1, 0.15) is 15.4 Å². The average Bonchev–Trinajstić information content (AvgIpc) is 2.63. The summed E-state index contributed by atoms with van der Waals surface area (Å²) in [4.78, 5) is 16.7. The molecule has 0 aliphatic rings. The van der Waals surface area contributed by atoms with E-state index in [1.54, 1.807) is 6.92 Å². The number of nitrogens with two attached hydrogens (primary N) is 1. The summed E-state index contributed by atoms with van der Waals surface area (Å²) in [6.07, 6.45) is 0. The summed E-state index contributed by atoms with van der Waals surface area (Å²) in [6, 6.07) is 5.59. The molecule has 0 spiro atoms. The van der Waals surface area contributed by atoms with Crippen molar-refractivity contribution in [2.75, 3.05) is 11.1 Å². The molecule has 0 aliphatic carbocycles. The third-order valence-electron chi connectivity index (χ3n) is 2.22. The summed E-state index contributed by atoms with van der Waals surface area (Å²) in [7, 11) is 0. The van der Waals surface area contributed by atoms with Gasteiger partial charge in [-0.3, -0.25) is 4.79 Å². The molecule has 0 radical (unpaired) electrons. The zero-order chi connectivity index (χ0) is 13.3. The highest BCUT2D eigenvalue weighted by Gasteiger charge is 2.16.